The monoisotopic (exact) mass is 382 g/mol. The molecule has 2 nitrogen and oxygen atoms in total. The van der Waals surface area contributed by atoms with Crippen molar-refractivity contribution < 1.29 is 4.39 Å². The van der Waals surface area contributed by atoms with Crippen molar-refractivity contribution in [2.75, 3.05) is 0 Å². The molecule has 0 aliphatic heterocycles. The summed E-state index contributed by atoms with van der Waals surface area (Å²) in [7, 11) is 0. The Balaban J connectivity index is 1.97. The highest BCUT2D eigenvalue weighted by Crippen LogP contribution is 2.37. The zero-order valence-corrected chi connectivity index (χ0v) is 15.0. The molecular weight excluding hydrogens is 370 g/mol. The predicted molar refractivity (Wildman–Crippen MR) is 104 cm³/mol. The van der Waals surface area contributed by atoms with Gasteiger partial charge in [-0.1, -0.05) is 59.6 Å². The highest BCUT2D eigenvalue weighted by atomic mass is 35.5. The van der Waals surface area contributed by atoms with Crippen LogP contribution in [0.15, 0.2) is 79.0 Å². The molecule has 1 heterocycles. The minimum Gasteiger partial charge on any atom is -0.240 e. The lowest BCUT2D eigenvalue weighted by molar-refractivity contribution is 0.631. The highest BCUT2D eigenvalue weighted by Gasteiger charge is 2.19. The van der Waals surface area contributed by atoms with Gasteiger partial charge >= 0.3 is 0 Å². The van der Waals surface area contributed by atoms with Crippen LogP contribution >= 0.6 is 23.2 Å². The molecule has 0 aliphatic rings. The first-order chi connectivity index (χ1) is 12.6. The Morgan fingerprint density at radius 2 is 1.54 bits per heavy atom. The van der Waals surface area contributed by atoms with Crippen molar-refractivity contribution in [2.45, 2.75) is 0 Å². The van der Waals surface area contributed by atoms with E-state index in [9.17, 15) is 4.39 Å². The average Bonchev–Trinajstić information content (AvgIpc) is 3.08. The van der Waals surface area contributed by atoms with E-state index < -0.39 is 0 Å². The van der Waals surface area contributed by atoms with Gasteiger partial charge in [-0.05, 0) is 36.4 Å². The second-order valence-corrected chi connectivity index (χ2v) is 6.62. The summed E-state index contributed by atoms with van der Waals surface area (Å²) in [4.78, 5) is 0. The van der Waals surface area contributed by atoms with Crippen LogP contribution in [0.2, 0.25) is 10.0 Å². The van der Waals surface area contributed by atoms with Crippen LogP contribution in [0.5, 0.6) is 0 Å². The Morgan fingerprint density at radius 1 is 0.808 bits per heavy atom. The minimum atomic E-state index is -0.389. The van der Waals surface area contributed by atoms with Gasteiger partial charge in [-0.3, -0.25) is 0 Å². The number of rotatable bonds is 3. The number of aromatic nitrogens is 2. The van der Waals surface area contributed by atoms with Crippen LogP contribution < -0.4 is 0 Å². The fourth-order valence-corrected chi connectivity index (χ4v) is 3.24. The van der Waals surface area contributed by atoms with Crippen molar-refractivity contribution in [1.82, 2.24) is 9.78 Å². The molecule has 0 saturated heterocycles. The van der Waals surface area contributed by atoms with Crippen molar-refractivity contribution >= 4 is 23.2 Å². The van der Waals surface area contributed by atoms with Crippen molar-refractivity contribution in [2.24, 2.45) is 0 Å². The van der Waals surface area contributed by atoms with Crippen LogP contribution in [-0.4, -0.2) is 9.78 Å². The quantitative estimate of drug-likeness (QED) is 0.387. The van der Waals surface area contributed by atoms with E-state index in [1.54, 1.807) is 35.1 Å². The van der Waals surface area contributed by atoms with Crippen LogP contribution in [0.1, 0.15) is 0 Å². The number of halogens is 3. The fraction of sp³-hybridized carbons (Fsp3) is 0. The van der Waals surface area contributed by atoms with Gasteiger partial charge in [0.05, 0.1) is 10.7 Å². The third-order valence-electron chi connectivity index (χ3n) is 4.08. The smallest absolute Gasteiger partial charge is 0.132 e. The summed E-state index contributed by atoms with van der Waals surface area (Å²) in [6.07, 6.45) is 1.80. The molecular formula is C21H13Cl2FN2. The van der Waals surface area contributed by atoms with Gasteiger partial charge < -0.3 is 0 Å². The molecule has 0 radical (unpaired) electrons. The van der Waals surface area contributed by atoms with Gasteiger partial charge in [0.2, 0.25) is 0 Å². The molecule has 0 amide bonds. The largest absolute Gasteiger partial charge is 0.240 e. The molecule has 0 aliphatic carbocycles. The maximum absolute atomic E-state index is 14.6. The summed E-state index contributed by atoms with van der Waals surface area (Å²) >= 11 is 12.3. The van der Waals surface area contributed by atoms with Crippen LogP contribution in [0.25, 0.3) is 28.1 Å². The van der Waals surface area contributed by atoms with E-state index in [2.05, 4.69) is 5.10 Å². The molecule has 0 spiro atoms. The molecule has 0 atom stereocenters. The van der Waals surface area contributed by atoms with Gasteiger partial charge in [0.15, 0.2) is 0 Å². The number of nitrogens with zero attached hydrogens (tertiary/aromatic N) is 2. The number of benzene rings is 3. The van der Waals surface area contributed by atoms with E-state index in [0.29, 0.717) is 26.9 Å². The van der Waals surface area contributed by atoms with Gasteiger partial charge in [0.1, 0.15) is 11.5 Å². The van der Waals surface area contributed by atoms with E-state index in [0.717, 1.165) is 11.3 Å². The highest BCUT2D eigenvalue weighted by molar-refractivity contribution is 6.33. The Kier molecular flexibility index (Phi) is 4.49. The number of para-hydroxylation sites is 1. The van der Waals surface area contributed by atoms with Gasteiger partial charge in [0, 0.05) is 27.9 Å². The van der Waals surface area contributed by atoms with E-state index in [4.69, 9.17) is 23.2 Å². The average molecular weight is 383 g/mol. The molecule has 5 heteroatoms. The lowest BCUT2D eigenvalue weighted by Crippen LogP contribution is -1.93. The van der Waals surface area contributed by atoms with Gasteiger partial charge in [-0.15, -0.1) is 0 Å². The first-order valence-electron chi connectivity index (χ1n) is 7.99. The minimum absolute atomic E-state index is 0.335. The van der Waals surface area contributed by atoms with Crippen molar-refractivity contribution in [3.63, 3.8) is 0 Å². The lowest BCUT2D eigenvalue weighted by atomic mass is 10.0. The summed E-state index contributed by atoms with van der Waals surface area (Å²) in [5.74, 6) is -0.389. The molecule has 0 unspecified atom stereocenters. The third-order valence-corrected chi connectivity index (χ3v) is 4.65. The normalized spacial score (nSPS) is 10.9. The first kappa shape index (κ1) is 16.8. The van der Waals surface area contributed by atoms with Crippen LogP contribution in [-0.2, 0) is 0 Å². The zero-order chi connectivity index (χ0) is 18.1. The van der Waals surface area contributed by atoms with Gasteiger partial charge in [-0.2, -0.15) is 5.10 Å². The van der Waals surface area contributed by atoms with E-state index >= 15 is 0 Å². The van der Waals surface area contributed by atoms with E-state index in [1.165, 1.54) is 6.07 Å². The van der Waals surface area contributed by atoms with E-state index in [1.807, 2.05) is 42.5 Å². The van der Waals surface area contributed by atoms with Crippen molar-refractivity contribution in [1.29, 1.82) is 0 Å². The Morgan fingerprint density at radius 3 is 2.23 bits per heavy atom. The van der Waals surface area contributed by atoms with Crippen molar-refractivity contribution in [3.8, 4) is 28.1 Å². The topological polar surface area (TPSA) is 17.8 Å². The first-order valence-corrected chi connectivity index (χ1v) is 8.74. The third kappa shape index (κ3) is 3.12. The molecule has 26 heavy (non-hydrogen) atoms. The Labute approximate surface area is 160 Å². The summed E-state index contributed by atoms with van der Waals surface area (Å²) < 4.78 is 16.3. The summed E-state index contributed by atoms with van der Waals surface area (Å²) in [6.45, 7) is 0. The molecule has 0 saturated carbocycles. The SMILES string of the molecule is Fc1cccc(Cl)c1-c1cn(-c2ccccc2)nc1-c1ccc(Cl)cc1. The Bertz CT molecular complexity index is 1040. The number of hydrogen-bond acceptors (Lipinski definition) is 1. The summed E-state index contributed by atoms with van der Waals surface area (Å²) in [6, 6.07) is 21.6. The maximum atomic E-state index is 14.6. The second-order valence-electron chi connectivity index (χ2n) is 5.78. The van der Waals surface area contributed by atoms with Crippen molar-refractivity contribution in [3.05, 3.63) is 94.9 Å². The summed E-state index contributed by atoms with van der Waals surface area (Å²) in [5.41, 5.74) is 3.30. The fourth-order valence-electron chi connectivity index (χ4n) is 2.85. The molecule has 4 aromatic rings. The van der Waals surface area contributed by atoms with Crippen LogP contribution in [0, 0.1) is 5.82 Å². The van der Waals surface area contributed by atoms with Gasteiger partial charge in [0.25, 0.3) is 0 Å². The summed E-state index contributed by atoms with van der Waals surface area (Å²) in [5, 5.41) is 5.65. The molecule has 4 rings (SSSR count). The second kappa shape index (κ2) is 6.94. The van der Waals surface area contributed by atoms with Gasteiger partial charge in [-0.25, -0.2) is 9.07 Å². The predicted octanol–water partition coefficient (Wildman–Crippen LogP) is 6.65. The Hall–Kier alpha value is -2.62. The molecule has 1 aromatic heterocycles. The molecule has 0 fully saturated rings. The van der Waals surface area contributed by atoms with Crippen LogP contribution in [0.3, 0.4) is 0 Å². The standard InChI is InChI=1S/C21H13Cl2FN2/c22-15-11-9-14(10-12-15)21-17(20-18(23)7-4-8-19(20)24)13-26(25-21)16-5-2-1-3-6-16/h1-13H. The number of hydrogen-bond donors (Lipinski definition) is 0. The van der Waals surface area contributed by atoms with E-state index in [-0.39, 0.29) is 5.82 Å². The molecule has 0 N–H and O–H groups in total. The lowest BCUT2D eigenvalue weighted by Gasteiger charge is -2.06. The van der Waals surface area contributed by atoms with Crippen LogP contribution in [0.4, 0.5) is 4.39 Å². The molecule has 128 valence electrons. The molecule has 3 aromatic carbocycles. The zero-order valence-electron chi connectivity index (χ0n) is 13.5. The maximum Gasteiger partial charge on any atom is 0.132 e. The molecule has 0 bridgehead atoms.